The summed E-state index contributed by atoms with van der Waals surface area (Å²) in [6.45, 7) is 0.386. The maximum Gasteiger partial charge on any atom is 0.315 e. The SMILES string of the molecule is CN1CC(=O)N2C[C@H](NC(=O)NCCC(=O)O)C[C@H]2COc2ccccc2-c2ccccc2C1=O. The van der Waals surface area contributed by atoms with Crippen molar-refractivity contribution >= 4 is 23.8 Å². The number of fused-ring (bicyclic) bond motifs is 4. The largest absolute Gasteiger partial charge is 0.491 e. The topological polar surface area (TPSA) is 128 Å². The lowest BCUT2D eigenvalue weighted by molar-refractivity contribution is -0.137. The number of para-hydroxylation sites is 1. The molecule has 35 heavy (non-hydrogen) atoms. The third kappa shape index (κ3) is 5.53. The molecule has 4 rings (SSSR count). The number of nitrogens with zero attached hydrogens (tertiary/aromatic N) is 2. The van der Waals surface area contributed by atoms with Crippen molar-refractivity contribution in [2.24, 2.45) is 0 Å². The van der Waals surface area contributed by atoms with Gasteiger partial charge in [-0.1, -0.05) is 36.4 Å². The highest BCUT2D eigenvalue weighted by Crippen LogP contribution is 2.34. The Bertz CT molecular complexity index is 1140. The summed E-state index contributed by atoms with van der Waals surface area (Å²) >= 11 is 0. The quantitative estimate of drug-likeness (QED) is 0.609. The second-order valence-corrected chi connectivity index (χ2v) is 8.69. The molecule has 10 heteroatoms. The van der Waals surface area contributed by atoms with E-state index in [9.17, 15) is 19.2 Å². The number of likely N-dealkylation sites (N-methyl/N-ethyl adjacent to an activating group) is 1. The number of nitrogens with one attached hydrogen (secondary N) is 2. The van der Waals surface area contributed by atoms with Crippen LogP contribution >= 0.6 is 0 Å². The van der Waals surface area contributed by atoms with Gasteiger partial charge in [-0.3, -0.25) is 14.4 Å². The third-order valence-electron chi connectivity index (χ3n) is 6.18. The van der Waals surface area contributed by atoms with E-state index >= 15 is 0 Å². The maximum absolute atomic E-state index is 13.3. The smallest absolute Gasteiger partial charge is 0.315 e. The van der Waals surface area contributed by atoms with Crippen molar-refractivity contribution in [2.45, 2.75) is 24.9 Å². The Hall–Kier alpha value is -4.08. The number of carbonyl (C=O) groups is 4. The summed E-state index contributed by atoms with van der Waals surface area (Å²) < 4.78 is 6.17. The number of amides is 4. The lowest BCUT2D eigenvalue weighted by Crippen LogP contribution is -2.47. The number of urea groups is 1. The molecule has 10 nitrogen and oxygen atoms in total. The lowest BCUT2D eigenvalue weighted by Gasteiger charge is -2.28. The summed E-state index contributed by atoms with van der Waals surface area (Å²) in [4.78, 5) is 52.3. The van der Waals surface area contributed by atoms with Gasteiger partial charge in [-0.05, 0) is 24.1 Å². The minimum absolute atomic E-state index is 0.00726. The Labute approximate surface area is 202 Å². The van der Waals surface area contributed by atoms with Crippen molar-refractivity contribution in [3.05, 3.63) is 54.1 Å². The summed E-state index contributed by atoms with van der Waals surface area (Å²) in [6, 6.07) is 13.6. The van der Waals surface area contributed by atoms with Gasteiger partial charge in [-0.2, -0.15) is 0 Å². The van der Waals surface area contributed by atoms with Crippen molar-refractivity contribution in [3.8, 4) is 16.9 Å². The van der Waals surface area contributed by atoms with Crippen LogP contribution in [-0.4, -0.2) is 84.1 Å². The lowest BCUT2D eigenvalue weighted by atomic mass is 9.98. The Morgan fingerprint density at radius 1 is 1.06 bits per heavy atom. The van der Waals surface area contributed by atoms with Crippen molar-refractivity contribution in [3.63, 3.8) is 0 Å². The van der Waals surface area contributed by atoms with Crippen LogP contribution in [-0.2, 0) is 9.59 Å². The Morgan fingerprint density at radius 3 is 2.49 bits per heavy atom. The van der Waals surface area contributed by atoms with Gasteiger partial charge in [0.05, 0.1) is 25.0 Å². The number of carbonyl (C=O) groups excluding carboxylic acids is 3. The van der Waals surface area contributed by atoms with Crippen LogP contribution in [0.1, 0.15) is 23.2 Å². The van der Waals surface area contributed by atoms with E-state index in [0.717, 1.165) is 11.1 Å². The average Bonchev–Trinajstić information content (AvgIpc) is 3.24. The van der Waals surface area contributed by atoms with Gasteiger partial charge in [0.1, 0.15) is 12.4 Å². The number of carboxylic acid groups (broad SMARTS) is 1. The first-order chi connectivity index (χ1) is 16.8. The molecule has 0 spiro atoms. The molecule has 0 saturated carbocycles. The molecule has 2 aromatic carbocycles. The minimum atomic E-state index is -1.00. The zero-order valence-corrected chi connectivity index (χ0v) is 19.4. The van der Waals surface area contributed by atoms with Gasteiger partial charge >= 0.3 is 12.0 Å². The van der Waals surface area contributed by atoms with Crippen molar-refractivity contribution in [2.75, 3.05) is 33.3 Å². The molecule has 2 aliphatic heterocycles. The number of benzene rings is 2. The molecule has 0 radical (unpaired) electrons. The molecule has 0 aromatic heterocycles. The number of ether oxygens (including phenoxy) is 1. The summed E-state index contributed by atoms with van der Waals surface area (Å²) in [6.07, 6.45) is 0.288. The molecule has 1 saturated heterocycles. The van der Waals surface area contributed by atoms with Gasteiger partial charge in [0.2, 0.25) is 5.91 Å². The van der Waals surface area contributed by atoms with Crippen LogP contribution in [0, 0.1) is 0 Å². The van der Waals surface area contributed by atoms with Gasteiger partial charge in [-0.15, -0.1) is 0 Å². The highest BCUT2D eigenvalue weighted by atomic mass is 16.5. The van der Waals surface area contributed by atoms with E-state index in [0.29, 0.717) is 17.7 Å². The van der Waals surface area contributed by atoms with E-state index in [2.05, 4.69) is 10.6 Å². The second-order valence-electron chi connectivity index (χ2n) is 8.69. The summed E-state index contributed by atoms with van der Waals surface area (Å²) in [5, 5.41) is 14.0. The molecule has 0 bridgehead atoms. The fourth-order valence-corrected chi connectivity index (χ4v) is 4.48. The summed E-state index contributed by atoms with van der Waals surface area (Å²) in [5.41, 5.74) is 2.00. The molecule has 2 heterocycles. The minimum Gasteiger partial charge on any atom is -0.491 e. The van der Waals surface area contributed by atoms with E-state index in [1.165, 1.54) is 4.90 Å². The first kappa shape index (κ1) is 24.1. The molecular weight excluding hydrogens is 452 g/mol. The average molecular weight is 481 g/mol. The Kier molecular flexibility index (Phi) is 7.19. The number of aliphatic carboxylic acids is 1. The monoisotopic (exact) mass is 480 g/mol. The van der Waals surface area contributed by atoms with Gasteiger partial charge < -0.3 is 30.3 Å². The number of hydrogen-bond donors (Lipinski definition) is 3. The van der Waals surface area contributed by atoms with Crippen LogP contribution in [0.2, 0.25) is 0 Å². The first-order valence-corrected chi connectivity index (χ1v) is 11.5. The molecule has 1 fully saturated rings. The highest BCUT2D eigenvalue weighted by molar-refractivity contribution is 6.02. The van der Waals surface area contributed by atoms with Gasteiger partial charge in [0.15, 0.2) is 0 Å². The zero-order valence-electron chi connectivity index (χ0n) is 19.4. The van der Waals surface area contributed by atoms with E-state index < -0.39 is 12.0 Å². The molecule has 4 amide bonds. The molecule has 2 aliphatic rings. The zero-order chi connectivity index (χ0) is 24.9. The standard InChI is InChI=1S/C25H28N4O6/c1-28-14-22(30)29-13-16(27-25(34)26-11-10-23(31)32)12-17(29)15-35-21-9-5-4-7-19(21)18-6-2-3-8-20(18)24(28)33/h2-9,16-17H,10-15H2,1H3,(H,31,32)(H2,26,27,34)/t16-,17+/m1/s1. The fourth-order valence-electron chi connectivity index (χ4n) is 4.48. The van der Waals surface area contributed by atoms with E-state index in [-0.39, 0.29) is 56.6 Å². The van der Waals surface area contributed by atoms with Crippen LogP contribution in [0.3, 0.4) is 0 Å². The predicted octanol–water partition coefficient (Wildman–Crippen LogP) is 1.56. The van der Waals surface area contributed by atoms with Crippen molar-refractivity contribution < 1.29 is 29.0 Å². The predicted molar refractivity (Wildman–Crippen MR) is 127 cm³/mol. The van der Waals surface area contributed by atoms with Gasteiger partial charge in [-0.25, -0.2) is 4.79 Å². The van der Waals surface area contributed by atoms with Gasteiger partial charge in [0, 0.05) is 31.3 Å². The molecule has 184 valence electrons. The third-order valence-corrected chi connectivity index (χ3v) is 6.18. The Morgan fingerprint density at radius 2 is 1.74 bits per heavy atom. The van der Waals surface area contributed by atoms with E-state index in [4.69, 9.17) is 9.84 Å². The van der Waals surface area contributed by atoms with Crippen LogP contribution < -0.4 is 15.4 Å². The van der Waals surface area contributed by atoms with E-state index in [1.807, 2.05) is 36.4 Å². The second kappa shape index (κ2) is 10.5. The summed E-state index contributed by atoms with van der Waals surface area (Å²) in [7, 11) is 1.60. The number of carboxylic acids is 1. The highest BCUT2D eigenvalue weighted by Gasteiger charge is 2.37. The maximum atomic E-state index is 13.3. The number of hydrogen-bond acceptors (Lipinski definition) is 5. The van der Waals surface area contributed by atoms with Crippen LogP contribution in [0.25, 0.3) is 11.1 Å². The van der Waals surface area contributed by atoms with E-state index in [1.54, 1.807) is 24.1 Å². The fraction of sp³-hybridized carbons (Fsp3) is 0.360. The molecule has 2 aromatic rings. The molecule has 0 aliphatic carbocycles. The summed E-state index contributed by atoms with van der Waals surface area (Å²) in [5.74, 6) is -0.909. The normalized spacial score (nSPS) is 19.9. The number of rotatable bonds is 4. The van der Waals surface area contributed by atoms with Gasteiger partial charge in [0.25, 0.3) is 5.91 Å². The van der Waals surface area contributed by atoms with Crippen LogP contribution in [0.5, 0.6) is 5.75 Å². The first-order valence-electron chi connectivity index (χ1n) is 11.5. The van der Waals surface area contributed by atoms with Crippen molar-refractivity contribution in [1.82, 2.24) is 20.4 Å². The molecular formula is C25H28N4O6. The van der Waals surface area contributed by atoms with Crippen LogP contribution in [0.15, 0.2) is 48.5 Å². The molecule has 0 unspecified atom stereocenters. The molecule has 2 atom stereocenters. The Balaban J connectivity index is 1.57. The molecule has 3 N–H and O–H groups in total. The van der Waals surface area contributed by atoms with Crippen molar-refractivity contribution in [1.29, 1.82) is 0 Å². The van der Waals surface area contributed by atoms with Crippen LogP contribution in [0.4, 0.5) is 4.79 Å².